The SMILES string of the molecule is Cn1c(=O)c2c([nH]c(=O)n2C2CCNCC2)c2ccccc21. The molecule has 0 unspecified atom stereocenters. The van der Waals surface area contributed by atoms with Gasteiger partial charge in [-0.3, -0.25) is 9.36 Å². The number of aromatic amines is 1. The molecule has 114 valence electrons. The van der Waals surface area contributed by atoms with Gasteiger partial charge in [0.1, 0.15) is 5.52 Å². The Morgan fingerprint density at radius 2 is 1.86 bits per heavy atom. The van der Waals surface area contributed by atoms with Gasteiger partial charge in [-0.05, 0) is 32.0 Å². The number of imidazole rings is 1. The van der Waals surface area contributed by atoms with E-state index in [9.17, 15) is 9.59 Å². The van der Waals surface area contributed by atoms with E-state index >= 15 is 0 Å². The van der Waals surface area contributed by atoms with E-state index in [1.165, 1.54) is 0 Å². The Labute approximate surface area is 126 Å². The van der Waals surface area contributed by atoms with Crippen molar-refractivity contribution < 1.29 is 0 Å². The van der Waals surface area contributed by atoms with Crippen LogP contribution in [-0.4, -0.2) is 27.2 Å². The Bertz CT molecular complexity index is 973. The number of nitrogens with zero attached hydrogens (tertiary/aromatic N) is 2. The highest BCUT2D eigenvalue weighted by molar-refractivity contribution is 6.02. The van der Waals surface area contributed by atoms with Gasteiger partial charge in [0.25, 0.3) is 5.56 Å². The van der Waals surface area contributed by atoms with E-state index in [-0.39, 0.29) is 17.3 Å². The van der Waals surface area contributed by atoms with Crippen LogP contribution >= 0.6 is 0 Å². The molecule has 2 aromatic heterocycles. The average molecular weight is 298 g/mol. The summed E-state index contributed by atoms with van der Waals surface area (Å²) < 4.78 is 3.30. The number of rotatable bonds is 1. The molecule has 0 amide bonds. The molecule has 1 saturated heterocycles. The van der Waals surface area contributed by atoms with E-state index in [1.54, 1.807) is 16.2 Å². The average Bonchev–Trinajstić information content (AvgIpc) is 2.91. The third kappa shape index (κ3) is 1.77. The van der Waals surface area contributed by atoms with Crippen molar-refractivity contribution in [1.29, 1.82) is 0 Å². The van der Waals surface area contributed by atoms with Crippen molar-refractivity contribution in [3.63, 3.8) is 0 Å². The number of fused-ring (bicyclic) bond motifs is 3. The van der Waals surface area contributed by atoms with Crippen LogP contribution in [0.5, 0.6) is 0 Å². The lowest BCUT2D eigenvalue weighted by molar-refractivity contribution is 0.368. The molecule has 1 aromatic carbocycles. The van der Waals surface area contributed by atoms with Crippen LogP contribution in [-0.2, 0) is 7.05 Å². The van der Waals surface area contributed by atoms with Gasteiger partial charge in [0.2, 0.25) is 0 Å². The zero-order valence-corrected chi connectivity index (χ0v) is 12.4. The normalized spacial score (nSPS) is 16.6. The molecule has 6 heteroatoms. The maximum absolute atomic E-state index is 12.8. The third-order valence-electron chi connectivity index (χ3n) is 4.64. The summed E-state index contributed by atoms with van der Waals surface area (Å²) >= 11 is 0. The van der Waals surface area contributed by atoms with Crippen LogP contribution in [0.2, 0.25) is 0 Å². The summed E-state index contributed by atoms with van der Waals surface area (Å²) in [5, 5.41) is 4.20. The highest BCUT2D eigenvalue weighted by Crippen LogP contribution is 2.24. The van der Waals surface area contributed by atoms with Crippen molar-refractivity contribution in [3.05, 3.63) is 45.1 Å². The van der Waals surface area contributed by atoms with E-state index in [0.29, 0.717) is 11.0 Å². The Hall–Kier alpha value is -2.34. The fourth-order valence-electron chi connectivity index (χ4n) is 3.51. The van der Waals surface area contributed by atoms with Crippen LogP contribution in [0.15, 0.2) is 33.9 Å². The quantitative estimate of drug-likeness (QED) is 0.707. The first kappa shape index (κ1) is 13.3. The second kappa shape index (κ2) is 4.84. The molecule has 1 aliphatic heterocycles. The van der Waals surface area contributed by atoms with Gasteiger partial charge in [-0.2, -0.15) is 0 Å². The monoisotopic (exact) mass is 298 g/mol. The second-order valence-corrected chi connectivity index (χ2v) is 5.89. The van der Waals surface area contributed by atoms with Crippen LogP contribution in [0.1, 0.15) is 18.9 Å². The summed E-state index contributed by atoms with van der Waals surface area (Å²) in [6, 6.07) is 7.74. The molecule has 0 spiro atoms. The molecular weight excluding hydrogens is 280 g/mol. The number of para-hydroxylation sites is 1. The van der Waals surface area contributed by atoms with Gasteiger partial charge in [0, 0.05) is 18.5 Å². The van der Waals surface area contributed by atoms with Crippen molar-refractivity contribution >= 4 is 21.9 Å². The Kier molecular flexibility index (Phi) is 2.94. The van der Waals surface area contributed by atoms with Gasteiger partial charge < -0.3 is 14.9 Å². The summed E-state index contributed by atoms with van der Waals surface area (Å²) in [5.74, 6) is 0. The van der Waals surface area contributed by atoms with E-state index in [2.05, 4.69) is 10.3 Å². The summed E-state index contributed by atoms with van der Waals surface area (Å²) in [5.41, 5.74) is 1.68. The molecule has 0 saturated carbocycles. The van der Waals surface area contributed by atoms with E-state index in [4.69, 9.17) is 0 Å². The van der Waals surface area contributed by atoms with Gasteiger partial charge in [-0.25, -0.2) is 4.79 Å². The largest absolute Gasteiger partial charge is 0.326 e. The van der Waals surface area contributed by atoms with Crippen molar-refractivity contribution in [3.8, 4) is 0 Å². The fraction of sp³-hybridized carbons (Fsp3) is 0.375. The lowest BCUT2D eigenvalue weighted by Crippen LogP contribution is -2.34. The van der Waals surface area contributed by atoms with E-state index < -0.39 is 0 Å². The predicted octanol–water partition coefficient (Wildman–Crippen LogP) is 1.11. The summed E-state index contributed by atoms with van der Waals surface area (Å²) in [4.78, 5) is 28.2. The van der Waals surface area contributed by atoms with Crippen LogP contribution in [0.4, 0.5) is 0 Å². The van der Waals surface area contributed by atoms with Crippen molar-refractivity contribution in [2.75, 3.05) is 13.1 Å². The predicted molar refractivity (Wildman–Crippen MR) is 86.4 cm³/mol. The van der Waals surface area contributed by atoms with Gasteiger partial charge in [0.15, 0.2) is 0 Å². The molecular formula is C16H18N4O2. The van der Waals surface area contributed by atoms with Gasteiger partial charge in [0.05, 0.1) is 11.0 Å². The van der Waals surface area contributed by atoms with Crippen LogP contribution in [0.3, 0.4) is 0 Å². The third-order valence-corrected chi connectivity index (χ3v) is 4.64. The topological polar surface area (TPSA) is 71.8 Å². The number of piperidine rings is 1. The molecule has 0 atom stereocenters. The van der Waals surface area contributed by atoms with E-state index in [0.717, 1.165) is 36.8 Å². The number of aromatic nitrogens is 3. The summed E-state index contributed by atoms with van der Waals surface area (Å²) in [6.45, 7) is 1.75. The van der Waals surface area contributed by atoms with Crippen LogP contribution in [0.25, 0.3) is 21.9 Å². The highest BCUT2D eigenvalue weighted by atomic mass is 16.2. The number of aryl methyl sites for hydroxylation is 1. The molecule has 6 nitrogen and oxygen atoms in total. The number of pyridine rings is 1. The first-order chi connectivity index (χ1) is 10.7. The van der Waals surface area contributed by atoms with Gasteiger partial charge in [-0.15, -0.1) is 0 Å². The summed E-state index contributed by atoms with van der Waals surface area (Å²) in [7, 11) is 1.76. The first-order valence-corrected chi connectivity index (χ1v) is 7.61. The van der Waals surface area contributed by atoms with Crippen LogP contribution < -0.4 is 16.6 Å². The Morgan fingerprint density at radius 1 is 1.14 bits per heavy atom. The molecule has 0 radical (unpaired) electrons. The van der Waals surface area contributed by atoms with Gasteiger partial charge >= 0.3 is 5.69 Å². The van der Waals surface area contributed by atoms with E-state index in [1.807, 2.05) is 24.3 Å². The fourth-order valence-corrected chi connectivity index (χ4v) is 3.51. The minimum absolute atomic E-state index is 0.0800. The molecule has 1 aliphatic rings. The second-order valence-electron chi connectivity index (χ2n) is 5.89. The molecule has 0 bridgehead atoms. The lowest BCUT2D eigenvalue weighted by Gasteiger charge is -2.23. The Balaban J connectivity index is 2.13. The molecule has 2 N–H and O–H groups in total. The first-order valence-electron chi connectivity index (χ1n) is 7.61. The van der Waals surface area contributed by atoms with Crippen molar-refractivity contribution in [2.45, 2.75) is 18.9 Å². The van der Waals surface area contributed by atoms with Gasteiger partial charge in [-0.1, -0.05) is 18.2 Å². The maximum atomic E-state index is 12.8. The van der Waals surface area contributed by atoms with Crippen molar-refractivity contribution in [1.82, 2.24) is 19.4 Å². The van der Waals surface area contributed by atoms with Crippen molar-refractivity contribution in [2.24, 2.45) is 7.05 Å². The van der Waals surface area contributed by atoms with Crippen LogP contribution in [0, 0.1) is 0 Å². The molecule has 4 rings (SSSR count). The standard InChI is InChI=1S/C16H18N4O2/c1-19-12-5-3-2-4-11(12)13-14(15(19)21)20(16(22)18-13)10-6-8-17-9-7-10/h2-5,10,17H,6-9H2,1H3,(H,18,22). The molecule has 0 aliphatic carbocycles. The number of hydrogen-bond donors (Lipinski definition) is 2. The summed E-state index contributed by atoms with van der Waals surface area (Å²) in [6.07, 6.45) is 1.73. The number of hydrogen-bond acceptors (Lipinski definition) is 3. The zero-order chi connectivity index (χ0) is 15.3. The highest BCUT2D eigenvalue weighted by Gasteiger charge is 2.23. The number of benzene rings is 1. The lowest BCUT2D eigenvalue weighted by atomic mass is 10.1. The minimum Gasteiger partial charge on any atom is -0.317 e. The molecule has 3 aromatic rings. The number of H-pyrrole nitrogens is 1. The zero-order valence-electron chi connectivity index (χ0n) is 12.4. The molecule has 22 heavy (non-hydrogen) atoms. The minimum atomic E-state index is -0.185. The smallest absolute Gasteiger partial charge is 0.317 e. The maximum Gasteiger partial charge on any atom is 0.326 e. The number of nitrogens with one attached hydrogen (secondary N) is 2. The molecule has 3 heterocycles. The molecule has 1 fully saturated rings. The Morgan fingerprint density at radius 3 is 2.64 bits per heavy atom.